The average molecular weight is 308 g/mol. The summed E-state index contributed by atoms with van der Waals surface area (Å²) in [7, 11) is 0. The van der Waals surface area contributed by atoms with Gasteiger partial charge in [0.15, 0.2) is 5.92 Å². The molecule has 1 heterocycles. The van der Waals surface area contributed by atoms with Crippen molar-refractivity contribution in [2.75, 3.05) is 5.32 Å². The zero-order valence-electron chi connectivity index (χ0n) is 11.0. The number of benzene rings is 1. The number of hydrogen-bond donors (Lipinski definition) is 6. The van der Waals surface area contributed by atoms with E-state index in [9.17, 15) is 24.3 Å². The third-order valence-corrected chi connectivity index (χ3v) is 2.91. The van der Waals surface area contributed by atoms with Crippen molar-refractivity contribution in [3.8, 4) is 0 Å². The molecule has 1 aromatic rings. The van der Waals surface area contributed by atoms with E-state index >= 15 is 0 Å². The lowest BCUT2D eigenvalue weighted by molar-refractivity contribution is -0.138. The van der Waals surface area contributed by atoms with Crippen LogP contribution in [0.15, 0.2) is 24.3 Å². The number of aliphatic hydroxyl groups excluding tert-OH is 1. The highest BCUT2D eigenvalue weighted by Crippen LogP contribution is 2.14. The summed E-state index contributed by atoms with van der Waals surface area (Å²) in [5, 5.41) is 24.3. The fourth-order valence-corrected chi connectivity index (χ4v) is 1.84. The van der Waals surface area contributed by atoms with Crippen molar-refractivity contribution in [1.82, 2.24) is 16.1 Å². The Morgan fingerprint density at radius 3 is 2.32 bits per heavy atom. The number of imide groups is 1. The van der Waals surface area contributed by atoms with Gasteiger partial charge >= 0.3 is 6.03 Å². The average Bonchev–Trinajstić information content (AvgIpc) is 2.46. The van der Waals surface area contributed by atoms with Crippen LogP contribution in [0.1, 0.15) is 10.4 Å². The van der Waals surface area contributed by atoms with Crippen LogP contribution in [-0.4, -0.2) is 40.3 Å². The lowest BCUT2D eigenvalue weighted by atomic mass is 10.0. The Morgan fingerprint density at radius 1 is 1.14 bits per heavy atom. The molecule has 0 aromatic heterocycles. The summed E-state index contributed by atoms with van der Waals surface area (Å²) in [6.45, 7) is 0. The van der Waals surface area contributed by atoms with Gasteiger partial charge in [0.2, 0.25) is 11.8 Å². The smallest absolute Gasteiger partial charge is 0.323 e. The summed E-state index contributed by atoms with van der Waals surface area (Å²) >= 11 is 0. The lowest BCUT2D eigenvalue weighted by Crippen LogP contribution is -2.61. The number of urea groups is 1. The Hall–Kier alpha value is -2.98. The summed E-state index contributed by atoms with van der Waals surface area (Å²) in [5.74, 6) is -3.98. The SMILES string of the molecule is O=C1NC(=O)C(C(=O)Nc2ccc(C(=O)NO)cc2)C(O)N1. The molecule has 10 nitrogen and oxygen atoms in total. The molecule has 1 fully saturated rings. The fourth-order valence-electron chi connectivity index (χ4n) is 1.84. The second-order valence-electron chi connectivity index (χ2n) is 4.39. The summed E-state index contributed by atoms with van der Waals surface area (Å²) in [5.41, 5.74) is 1.87. The second-order valence-corrected chi connectivity index (χ2v) is 4.39. The third-order valence-electron chi connectivity index (χ3n) is 2.91. The van der Waals surface area contributed by atoms with Crippen LogP contribution in [0.25, 0.3) is 0 Å². The predicted molar refractivity (Wildman–Crippen MR) is 70.5 cm³/mol. The summed E-state index contributed by atoms with van der Waals surface area (Å²) < 4.78 is 0. The normalized spacial score (nSPS) is 20.6. The zero-order chi connectivity index (χ0) is 16.3. The first kappa shape index (κ1) is 15.4. The molecular weight excluding hydrogens is 296 g/mol. The second kappa shape index (κ2) is 6.20. The van der Waals surface area contributed by atoms with Crippen LogP contribution >= 0.6 is 0 Å². The summed E-state index contributed by atoms with van der Waals surface area (Å²) in [6.07, 6.45) is -1.64. The van der Waals surface area contributed by atoms with E-state index in [-0.39, 0.29) is 11.3 Å². The molecule has 2 unspecified atom stereocenters. The number of nitrogens with one attached hydrogen (secondary N) is 4. The number of hydrogen-bond acceptors (Lipinski definition) is 6. The van der Waals surface area contributed by atoms with Gasteiger partial charge in [-0.15, -0.1) is 0 Å². The van der Waals surface area contributed by atoms with Crippen molar-refractivity contribution in [2.24, 2.45) is 5.92 Å². The van der Waals surface area contributed by atoms with E-state index in [1.54, 1.807) is 0 Å². The molecular formula is C12H12N4O6. The van der Waals surface area contributed by atoms with Crippen molar-refractivity contribution in [3.05, 3.63) is 29.8 Å². The molecule has 6 N–H and O–H groups in total. The van der Waals surface area contributed by atoms with E-state index in [1.165, 1.54) is 29.7 Å². The molecule has 2 atom stereocenters. The highest BCUT2D eigenvalue weighted by atomic mass is 16.5. The maximum Gasteiger partial charge on any atom is 0.323 e. The Morgan fingerprint density at radius 2 is 1.77 bits per heavy atom. The Kier molecular flexibility index (Phi) is 4.34. The Balaban J connectivity index is 2.07. The summed E-state index contributed by atoms with van der Waals surface area (Å²) in [6, 6.07) is 4.52. The number of amides is 5. The van der Waals surface area contributed by atoms with Crippen molar-refractivity contribution >= 4 is 29.4 Å². The van der Waals surface area contributed by atoms with Crippen molar-refractivity contribution in [3.63, 3.8) is 0 Å². The van der Waals surface area contributed by atoms with Gasteiger partial charge in [0, 0.05) is 11.3 Å². The van der Waals surface area contributed by atoms with Crippen LogP contribution in [0.3, 0.4) is 0 Å². The maximum absolute atomic E-state index is 12.0. The monoisotopic (exact) mass is 308 g/mol. The van der Waals surface area contributed by atoms with Gasteiger partial charge in [-0.05, 0) is 24.3 Å². The maximum atomic E-state index is 12.0. The van der Waals surface area contributed by atoms with Crippen molar-refractivity contribution in [2.45, 2.75) is 6.23 Å². The fraction of sp³-hybridized carbons (Fsp3) is 0.167. The van der Waals surface area contributed by atoms with Gasteiger partial charge in [0.1, 0.15) is 6.23 Å². The van der Waals surface area contributed by atoms with Crippen LogP contribution in [0.4, 0.5) is 10.5 Å². The van der Waals surface area contributed by atoms with Gasteiger partial charge in [0.05, 0.1) is 0 Å². The molecule has 0 aliphatic carbocycles. The number of rotatable bonds is 3. The highest BCUT2D eigenvalue weighted by Gasteiger charge is 2.39. The van der Waals surface area contributed by atoms with Gasteiger partial charge < -0.3 is 15.7 Å². The largest absolute Gasteiger partial charge is 0.372 e. The molecule has 10 heteroatoms. The predicted octanol–water partition coefficient (Wildman–Crippen LogP) is -1.48. The molecule has 22 heavy (non-hydrogen) atoms. The van der Waals surface area contributed by atoms with Gasteiger partial charge in [-0.25, -0.2) is 10.3 Å². The molecule has 5 amide bonds. The minimum Gasteiger partial charge on any atom is -0.372 e. The molecule has 0 radical (unpaired) electrons. The van der Waals surface area contributed by atoms with Crippen LogP contribution in [0, 0.1) is 5.92 Å². The van der Waals surface area contributed by atoms with E-state index in [4.69, 9.17) is 5.21 Å². The minimum atomic E-state index is -1.64. The van der Waals surface area contributed by atoms with E-state index in [0.717, 1.165) is 0 Å². The topological polar surface area (TPSA) is 157 Å². The van der Waals surface area contributed by atoms with E-state index in [1.807, 2.05) is 10.6 Å². The van der Waals surface area contributed by atoms with E-state index in [2.05, 4.69) is 5.32 Å². The van der Waals surface area contributed by atoms with Crippen molar-refractivity contribution < 1.29 is 29.5 Å². The van der Waals surface area contributed by atoms with Gasteiger partial charge in [-0.1, -0.05) is 0 Å². The number of carbonyl (C=O) groups is 4. The minimum absolute atomic E-state index is 0.156. The van der Waals surface area contributed by atoms with Crippen LogP contribution in [0.5, 0.6) is 0 Å². The van der Waals surface area contributed by atoms with E-state index in [0.29, 0.717) is 0 Å². The standard InChI is InChI=1S/C12H12N4O6/c17-8(16-22)5-1-3-6(4-2-5)13-9(18)7-10(19)14-12(21)15-11(7)20/h1-4,7,10,19,22H,(H,13,18)(H,16,17)(H2,14,15,20,21). The first-order chi connectivity index (χ1) is 10.4. The molecule has 0 bridgehead atoms. The van der Waals surface area contributed by atoms with E-state index < -0.39 is 35.9 Å². The number of hydroxylamine groups is 1. The molecule has 116 valence electrons. The quantitative estimate of drug-likeness (QED) is 0.227. The molecule has 1 aliphatic heterocycles. The lowest BCUT2D eigenvalue weighted by Gasteiger charge is -2.26. The van der Waals surface area contributed by atoms with Crippen molar-refractivity contribution in [1.29, 1.82) is 0 Å². The first-order valence-corrected chi connectivity index (χ1v) is 6.07. The molecule has 1 aliphatic rings. The number of aliphatic hydroxyl groups is 1. The molecule has 0 spiro atoms. The van der Waals surface area contributed by atoms with Gasteiger partial charge in [-0.3, -0.25) is 24.9 Å². The van der Waals surface area contributed by atoms with Gasteiger partial charge in [0.25, 0.3) is 5.91 Å². The summed E-state index contributed by atoms with van der Waals surface area (Å²) in [4.78, 5) is 45.6. The highest BCUT2D eigenvalue weighted by molar-refractivity contribution is 6.12. The van der Waals surface area contributed by atoms with Crippen LogP contribution in [-0.2, 0) is 9.59 Å². The zero-order valence-corrected chi connectivity index (χ0v) is 11.0. The third kappa shape index (κ3) is 3.19. The Labute approximate surface area is 123 Å². The molecule has 1 aromatic carbocycles. The first-order valence-electron chi connectivity index (χ1n) is 6.07. The Bertz CT molecular complexity index is 629. The number of carbonyl (C=O) groups excluding carboxylic acids is 4. The molecule has 1 saturated heterocycles. The number of anilines is 1. The molecule has 2 rings (SSSR count). The molecule has 0 saturated carbocycles. The van der Waals surface area contributed by atoms with Crippen LogP contribution in [0.2, 0.25) is 0 Å². The van der Waals surface area contributed by atoms with Crippen LogP contribution < -0.4 is 21.4 Å². The van der Waals surface area contributed by atoms with Gasteiger partial charge in [-0.2, -0.15) is 0 Å².